The van der Waals surface area contributed by atoms with Crippen LogP contribution in [0, 0.1) is 10.1 Å². The number of halogens is 1. The molecule has 1 aromatic carbocycles. The summed E-state index contributed by atoms with van der Waals surface area (Å²) in [6, 6.07) is 6.09. The molecule has 1 aliphatic rings. The Morgan fingerprint density at radius 1 is 1.28 bits per heavy atom. The third-order valence-electron chi connectivity index (χ3n) is 3.26. The molecular weight excluding hydrogens is 398 g/mol. The van der Waals surface area contributed by atoms with E-state index < -0.39 is 16.8 Å². The molecule has 0 aliphatic carbocycles. The molecule has 1 aliphatic heterocycles. The second-order valence-electron chi connectivity index (χ2n) is 4.96. The lowest BCUT2D eigenvalue weighted by atomic mass is 10.2. The minimum atomic E-state index is -0.658. The summed E-state index contributed by atoms with van der Waals surface area (Å²) in [5.41, 5.74) is 0.722. The molecule has 0 radical (unpaired) electrons. The number of hydrogen-bond acceptors (Lipinski definition) is 7. The summed E-state index contributed by atoms with van der Waals surface area (Å²) in [6.07, 6.45) is 2.43. The van der Waals surface area contributed by atoms with Crippen molar-refractivity contribution in [2.75, 3.05) is 13.2 Å². The first-order valence-corrected chi connectivity index (χ1v) is 7.99. The lowest BCUT2D eigenvalue weighted by Crippen LogP contribution is -2.15. The molecule has 0 fully saturated rings. The van der Waals surface area contributed by atoms with Crippen molar-refractivity contribution in [3.63, 3.8) is 0 Å². The Balaban J connectivity index is 1.60. The first kappa shape index (κ1) is 17.0. The van der Waals surface area contributed by atoms with Crippen LogP contribution in [-0.4, -0.2) is 24.1 Å². The molecule has 0 amide bonds. The molecule has 0 bridgehead atoms. The average Bonchev–Trinajstić information content (AvgIpc) is 3.07. The standard InChI is InChI=1S/C16H12BrNO7/c17-12-8-14-13(22-5-6-23-14)7-10(12)9-24-16(19)4-2-11-1-3-15(25-11)18(20)21/h1-4,7-8H,5-6,9H2/b4-2+. The number of carbonyl (C=O) groups is 1. The first-order chi connectivity index (χ1) is 12.0. The molecule has 3 rings (SSSR count). The number of hydrogen-bond donors (Lipinski definition) is 0. The highest BCUT2D eigenvalue weighted by Gasteiger charge is 2.15. The Morgan fingerprint density at radius 2 is 2.00 bits per heavy atom. The van der Waals surface area contributed by atoms with E-state index in [9.17, 15) is 14.9 Å². The molecule has 0 unspecified atom stereocenters. The normalized spacial score (nSPS) is 13.0. The van der Waals surface area contributed by atoms with Gasteiger partial charge in [-0.2, -0.15) is 0 Å². The van der Waals surface area contributed by atoms with Gasteiger partial charge in [0.05, 0.1) is 6.07 Å². The van der Waals surface area contributed by atoms with Gasteiger partial charge < -0.3 is 18.6 Å². The molecule has 0 spiro atoms. The van der Waals surface area contributed by atoms with E-state index in [1.54, 1.807) is 12.1 Å². The van der Waals surface area contributed by atoms with Crippen molar-refractivity contribution >= 4 is 33.9 Å². The number of rotatable bonds is 5. The van der Waals surface area contributed by atoms with Crippen molar-refractivity contribution in [3.8, 4) is 11.5 Å². The van der Waals surface area contributed by atoms with Crippen LogP contribution in [0.15, 0.2) is 39.2 Å². The van der Waals surface area contributed by atoms with Gasteiger partial charge in [-0.3, -0.25) is 10.1 Å². The lowest BCUT2D eigenvalue weighted by Gasteiger charge is -2.19. The molecule has 0 saturated carbocycles. The van der Waals surface area contributed by atoms with Crippen molar-refractivity contribution in [2.45, 2.75) is 6.61 Å². The lowest BCUT2D eigenvalue weighted by molar-refractivity contribution is -0.402. The average molecular weight is 410 g/mol. The maximum Gasteiger partial charge on any atom is 0.433 e. The summed E-state index contributed by atoms with van der Waals surface area (Å²) in [5.74, 6) is 0.407. The summed E-state index contributed by atoms with van der Waals surface area (Å²) in [4.78, 5) is 21.6. The fourth-order valence-electron chi connectivity index (χ4n) is 2.09. The third-order valence-corrected chi connectivity index (χ3v) is 4.00. The van der Waals surface area contributed by atoms with Gasteiger partial charge in [0.2, 0.25) is 0 Å². The Labute approximate surface area is 150 Å². The van der Waals surface area contributed by atoms with Crippen LogP contribution in [0.3, 0.4) is 0 Å². The topological polar surface area (TPSA) is 101 Å². The van der Waals surface area contributed by atoms with E-state index in [4.69, 9.17) is 18.6 Å². The van der Waals surface area contributed by atoms with Crippen LogP contribution in [0.4, 0.5) is 5.88 Å². The number of carbonyl (C=O) groups excluding carboxylic acids is 1. The number of ether oxygens (including phenoxy) is 3. The summed E-state index contributed by atoms with van der Waals surface area (Å²) >= 11 is 3.39. The highest BCUT2D eigenvalue weighted by atomic mass is 79.9. The predicted octanol–water partition coefficient (Wildman–Crippen LogP) is 3.48. The smallest absolute Gasteiger partial charge is 0.433 e. The van der Waals surface area contributed by atoms with Crippen molar-refractivity contribution in [1.82, 2.24) is 0 Å². The third kappa shape index (κ3) is 4.18. The van der Waals surface area contributed by atoms with Crippen molar-refractivity contribution < 1.29 is 28.3 Å². The Bertz CT molecular complexity index is 843. The maximum absolute atomic E-state index is 11.8. The molecule has 0 atom stereocenters. The number of nitrogens with zero attached hydrogens (tertiary/aromatic N) is 1. The molecule has 0 saturated heterocycles. The summed E-state index contributed by atoms with van der Waals surface area (Å²) in [6.45, 7) is 0.980. The van der Waals surface area contributed by atoms with E-state index in [0.29, 0.717) is 24.7 Å². The van der Waals surface area contributed by atoms with Crippen molar-refractivity contribution in [1.29, 1.82) is 0 Å². The van der Waals surface area contributed by atoms with Gasteiger partial charge in [0.1, 0.15) is 30.5 Å². The monoisotopic (exact) mass is 409 g/mol. The highest BCUT2D eigenvalue weighted by molar-refractivity contribution is 9.10. The predicted molar refractivity (Wildman–Crippen MR) is 89.3 cm³/mol. The Morgan fingerprint density at radius 3 is 2.68 bits per heavy atom. The summed E-state index contributed by atoms with van der Waals surface area (Å²) < 4.78 is 21.7. The van der Waals surface area contributed by atoms with Crippen molar-refractivity contribution in [2.24, 2.45) is 0 Å². The van der Waals surface area contributed by atoms with E-state index in [0.717, 1.165) is 16.1 Å². The van der Waals surface area contributed by atoms with Crippen LogP contribution in [-0.2, 0) is 16.1 Å². The van der Waals surface area contributed by atoms with Gasteiger partial charge in [-0.15, -0.1) is 0 Å². The van der Waals surface area contributed by atoms with Gasteiger partial charge >= 0.3 is 11.9 Å². The Kier molecular flexibility index (Phi) is 5.03. The number of benzene rings is 1. The van der Waals surface area contributed by atoms with Crippen LogP contribution >= 0.6 is 15.9 Å². The van der Waals surface area contributed by atoms with Crippen LogP contribution in [0.25, 0.3) is 6.08 Å². The molecule has 1 aromatic heterocycles. The Hall–Kier alpha value is -2.81. The number of nitro groups is 1. The van der Waals surface area contributed by atoms with E-state index in [-0.39, 0.29) is 12.4 Å². The molecular formula is C16H12BrNO7. The fourth-order valence-corrected chi connectivity index (χ4v) is 2.53. The zero-order chi connectivity index (χ0) is 17.8. The van der Waals surface area contributed by atoms with Gasteiger partial charge in [-0.1, -0.05) is 15.9 Å². The van der Waals surface area contributed by atoms with Gasteiger partial charge in [0, 0.05) is 16.1 Å². The minimum absolute atomic E-state index is 0.0265. The largest absolute Gasteiger partial charge is 0.486 e. The zero-order valence-electron chi connectivity index (χ0n) is 12.8. The maximum atomic E-state index is 11.8. The van der Waals surface area contributed by atoms with Crippen LogP contribution in [0.2, 0.25) is 0 Å². The fraction of sp³-hybridized carbons (Fsp3) is 0.188. The molecule has 130 valence electrons. The molecule has 0 N–H and O–H groups in total. The van der Waals surface area contributed by atoms with E-state index in [2.05, 4.69) is 15.9 Å². The van der Waals surface area contributed by atoms with Gasteiger partial charge in [-0.25, -0.2) is 4.79 Å². The molecule has 9 heteroatoms. The second-order valence-corrected chi connectivity index (χ2v) is 5.82. The SMILES string of the molecule is O=C(/C=C/c1ccc([N+](=O)[O-])o1)OCc1cc2c(cc1Br)OCCO2. The second kappa shape index (κ2) is 7.39. The molecule has 8 nitrogen and oxygen atoms in total. The van der Waals surface area contributed by atoms with Crippen molar-refractivity contribution in [3.05, 3.63) is 56.3 Å². The van der Waals surface area contributed by atoms with E-state index >= 15 is 0 Å². The van der Waals surface area contributed by atoms with Gasteiger partial charge in [-0.05, 0) is 24.3 Å². The quantitative estimate of drug-likeness (QED) is 0.322. The number of fused-ring (bicyclic) bond motifs is 1. The van der Waals surface area contributed by atoms with Gasteiger partial charge in [0.25, 0.3) is 0 Å². The van der Waals surface area contributed by atoms with Crippen LogP contribution in [0.5, 0.6) is 11.5 Å². The number of furan rings is 1. The highest BCUT2D eigenvalue weighted by Crippen LogP contribution is 2.35. The molecule has 2 aromatic rings. The minimum Gasteiger partial charge on any atom is -0.486 e. The molecule has 2 heterocycles. The van der Waals surface area contributed by atoms with E-state index in [1.807, 2.05) is 0 Å². The van der Waals surface area contributed by atoms with Crippen LogP contribution < -0.4 is 9.47 Å². The zero-order valence-corrected chi connectivity index (χ0v) is 14.4. The van der Waals surface area contributed by atoms with Crippen LogP contribution in [0.1, 0.15) is 11.3 Å². The van der Waals surface area contributed by atoms with E-state index in [1.165, 1.54) is 18.2 Å². The van der Waals surface area contributed by atoms with Gasteiger partial charge in [0.15, 0.2) is 11.5 Å². The number of esters is 1. The summed E-state index contributed by atoms with van der Waals surface area (Å²) in [5, 5.41) is 10.5. The molecule has 25 heavy (non-hydrogen) atoms. The first-order valence-electron chi connectivity index (χ1n) is 7.20. The summed E-state index contributed by atoms with van der Waals surface area (Å²) in [7, 11) is 0.